The Morgan fingerprint density at radius 1 is 0.950 bits per heavy atom. The summed E-state index contributed by atoms with van der Waals surface area (Å²) in [5, 5.41) is 1.82. The van der Waals surface area contributed by atoms with Crippen molar-refractivity contribution in [3.05, 3.63) is 65.3 Å². The van der Waals surface area contributed by atoms with E-state index >= 15 is 0 Å². The van der Waals surface area contributed by atoms with Crippen molar-refractivity contribution < 1.29 is 0 Å². The summed E-state index contributed by atoms with van der Waals surface area (Å²) in [6.45, 7) is 4.31. The van der Waals surface area contributed by atoms with Gasteiger partial charge in [-0.3, -0.25) is 4.98 Å². The average molecular weight is 282 g/mol. The number of pyridine rings is 1. The van der Waals surface area contributed by atoms with Gasteiger partial charge in [0.1, 0.15) is 0 Å². The van der Waals surface area contributed by atoms with Crippen LogP contribution in [0, 0.1) is 0 Å². The molecule has 20 heavy (non-hydrogen) atoms. The molecule has 2 aromatic carbocycles. The van der Waals surface area contributed by atoms with Crippen molar-refractivity contribution in [3.8, 4) is 11.1 Å². The molecule has 0 fully saturated rings. The summed E-state index contributed by atoms with van der Waals surface area (Å²) in [5.41, 5.74) is 4.36. The number of rotatable bonds is 2. The molecule has 1 heterocycles. The van der Waals surface area contributed by atoms with Gasteiger partial charge in [-0.1, -0.05) is 67.9 Å². The zero-order valence-electron chi connectivity index (χ0n) is 11.6. The van der Waals surface area contributed by atoms with Gasteiger partial charge in [0.05, 0.1) is 10.5 Å². The maximum atomic E-state index is 6.33. The van der Waals surface area contributed by atoms with Crippen LogP contribution >= 0.6 is 11.6 Å². The standard InChI is InChI=1S/C18H16ClN/c1-12(2)17-11-15(13-7-4-3-5-8-13)14-9-6-10-16(19)18(14)20-17/h3-12H,1-2H3. The lowest BCUT2D eigenvalue weighted by Crippen LogP contribution is -1.95. The second kappa shape index (κ2) is 5.26. The molecule has 1 nitrogen and oxygen atoms in total. The highest BCUT2D eigenvalue weighted by molar-refractivity contribution is 6.35. The molecule has 0 spiro atoms. The van der Waals surface area contributed by atoms with Gasteiger partial charge in [0, 0.05) is 11.1 Å². The van der Waals surface area contributed by atoms with Gasteiger partial charge in [-0.2, -0.15) is 0 Å². The van der Waals surface area contributed by atoms with Crippen molar-refractivity contribution in [1.82, 2.24) is 4.98 Å². The van der Waals surface area contributed by atoms with Crippen molar-refractivity contribution in [2.45, 2.75) is 19.8 Å². The fourth-order valence-electron chi connectivity index (χ4n) is 2.39. The maximum Gasteiger partial charge on any atom is 0.0897 e. The second-order valence-electron chi connectivity index (χ2n) is 5.25. The van der Waals surface area contributed by atoms with Gasteiger partial charge in [-0.15, -0.1) is 0 Å². The van der Waals surface area contributed by atoms with E-state index in [-0.39, 0.29) is 0 Å². The van der Waals surface area contributed by atoms with Crippen molar-refractivity contribution in [2.24, 2.45) is 0 Å². The van der Waals surface area contributed by atoms with Crippen LogP contribution < -0.4 is 0 Å². The second-order valence-corrected chi connectivity index (χ2v) is 5.66. The summed E-state index contributed by atoms with van der Waals surface area (Å²) >= 11 is 6.33. The Morgan fingerprint density at radius 2 is 1.70 bits per heavy atom. The topological polar surface area (TPSA) is 12.9 Å². The average Bonchev–Trinajstić information content (AvgIpc) is 2.47. The first-order valence-electron chi connectivity index (χ1n) is 6.81. The predicted molar refractivity (Wildman–Crippen MR) is 86.3 cm³/mol. The quantitative estimate of drug-likeness (QED) is 0.589. The third-order valence-corrected chi connectivity index (χ3v) is 3.79. The van der Waals surface area contributed by atoms with E-state index in [9.17, 15) is 0 Å². The number of nitrogens with zero attached hydrogens (tertiary/aromatic N) is 1. The Labute approximate surface area is 124 Å². The molecule has 0 bridgehead atoms. The number of hydrogen-bond donors (Lipinski definition) is 0. The van der Waals surface area contributed by atoms with Gasteiger partial charge >= 0.3 is 0 Å². The highest BCUT2D eigenvalue weighted by Crippen LogP contribution is 2.33. The minimum absolute atomic E-state index is 0.373. The van der Waals surface area contributed by atoms with Gasteiger partial charge in [-0.25, -0.2) is 0 Å². The number of para-hydroxylation sites is 1. The molecule has 2 heteroatoms. The van der Waals surface area contributed by atoms with Gasteiger partial charge in [0.15, 0.2) is 0 Å². The Hall–Kier alpha value is -1.86. The molecule has 100 valence electrons. The Bertz CT molecular complexity index is 748. The van der Waals surface area contributed by atoms with E-state index in [2.05, 4.69) is 50.2 Å². The van der Waals surface area contributed by atoms with Crippen LogP contribution in [0.1, 0.15) is 25.5 Å². The molecule has 0 atom stereocenters. The van der Waals surface area contributed by atoms with Gasteiger partial charge in [0.25, 0.3) is 0 Å². The fraction of sp³-hybridized carbons (Fsp3) is 0.167. The monoisotopic (exact) mass is 281 g/mol. The maximum absolute atomic E-state index is 6.33. The summed E-state index contributed by atoms with van der Waals surface area (Å²) < 4.78 is 0. The molecular formula is C18H16ClN. The molecule has 3 rings (SSSR count). The predicted octanol–water partition coefficient (Wildman–Crippen LogP) is 5.68. The fourth-order valence-corrected chi connectivity index (χ4v) is 2.60. The summed E-state index contributed by atoms with van der Waals surface area (Å²) in [6.07, 6.45) is 0. The van der Waals surface area contributed by atoms with E-state index in [4.69, 9.17) is 16.6 Å². The van der Waals surface area contributed by atoms with Crippen LogP contribution in [-0.4, -0.2) is 4.98 Å². The third-order valence-electron chi connectivity index (χ3n) is 3.49. The molecule has 0 aliphatic heterocycles. The van der Waals surface area contributed by atoms with E-state index in [0.717, 1.165) is 16.6 Å². The summed E-state index contributed by atoms with van der Waals surface area (Å²) in [6, 6.07) is 18.5. The molecule has 0 aliphatic carbocycles. The smallest absolute Gasteiger partial charge is 0.0897 e. The van der Waals surface area contributed by atoms with Crippen LogP contribution in [0.2, 0.25) is 5.02 Å². The van der Waals surface area contributed by atoms with Crippen molar-refractivity contribution in [3.63, 3.8) is 0 Å². The first-order chi connectivity index (χ1) is 9.66. The summed E-state index contributed by atoms with van der Waals surface area (Å²) in [4.78, 5) is 4.73. The van der Waals surface area contributed by atoms with Crippen LogP contribution in [0.25, 0.3) is 22.0 Å². The minimum atomic E-state index is 0.373. The molecule has 0 N–H and O–H groups in total. The molecule has 0 unspecified atom stereocenters. The molecular weight excluding hydrogens is 266 g/mol. The molecule has 1 aromatic heterocycles. The normalized spacial score (nSPS) is 11.2. The number of halogens is 1. The molecule has 0 radical (unpaired) electrons. The molecule has 3 aromatic rings. The zero-order valence-corrected chi connectivity index (χ0v) is 12.4. The van der Waals surface area contributed by atoms with Crippen molar-refractivity contribution in [1.29, 1.82) is 0 Å². The lowest BCUT2D eigenvalue weighted by Gasteiger charge is -2.12. The van der Waals surface area contributed by atoms with E-state index < -0.39 is 0 Å². The van der Waals surface area contributed by atoms with E-state index in [0.29, 0.717) is 10.9 Å². The van der Waals surface area contributed by atoms with Crippen LogP contribution in [0.4, 0.5) is 0 Å². The molecule has 0 saturated heterocycles. The highest BCUT2D eigenvalue weighted by Gasteiger charge is 2.11. The summed E-state index contributed by atoms with van der Waals surface area (Å²) in [5.74, 6) is 0.373. The zero-order chi connectivity index (χ0) is 14.1. The lowest BCUT2D eigenvalue weighted by atomic mass is 9.97. The van der Waals surface area contributed by atoms with Crippen LogP contribution in [0.3, 0.4) is 0 Å². The van der Waals surface area contributed by atoms with Crippen molar-refractivity contribution in [2.75, 3.05) is 0 Å². The Balaban J connectivity index is 2.37. The van der Waals surface area contributed by atoms with E-state index in [1.165, 1.54) is 11.1 Å². The van der Waals surface area contributed by atoms with Gasteiger partial charge < -0.3 is 0 Å². The number of benzene rings is 2. The van der Waals surface area contributed by atoms with E-state index in [1.807, 2.05) is 18.2 Å². The van der Waals surface area contributed by atoms with Crippen LogP contribution in [0.5, 0.6) is 0 Å². The van der Waals surface area contributed by atoms with Crippen LogP contribution in [-0.2, 0) is 0 Å². The van der Waals surface area contributed by atoms with Crippen molar-refractivity contribution >= 4 is 22.5 Å². The largest absolute Gasteiger partial charge is 0.251 e. The number of aromatic nitrogens is 1. The van der Waals surface area contributed by atoms with E-state index in [1.54, 1.807) is 0 Å². The number of hydrogen-bond acceptors (Lipinski definition) is 1. The highest BCUT2D eigenvalue weighted by atomic mass is 35.5. The summed E-state index contributed by atoms with van der Waals surface area (Å²) in [7, 11) is 0. The Morgan fingerprint density at radius 3 is 2.40 bits per heavy atom. The first kappa shape index (κ1) is 13.1. The molecule has 0 amide bonds. The molecule has 0 aliphatic rings. The van der Waals surface area contributed by atoms with Gasteiger partial charge in [0.2, 0.25) is 0 Å². The minimum Gasteiger partial charge on any atom is -0.251 e. The SMILES string of the molecule is CC(C)c1cc(-c2ccccc2)c2cccc(Cl)c2n1. The lowest BCUT2D eigenvalue weighted by molar-refractivity contribution is 0.830. The van der Waals surface area contributed by atoms with Crippen LogP contribution in [0.15, 0.2) is 54.6 Å². The molecule has 0 saturated carbocycles. The Kier molecular flexibility index (Phi) is 3.45. The number of fused-ring (bicyclic) bond motifs is 1. The third kappa shape index (κ3) is 2.30. The first-order valence-corrected chi connectivity index (χ1v) is 7.19. The van der Waals surface area contributed by atoms with Gasteiger partial charge in [-0.05, 0) is 29.2 Å².